The monoisotopic (exact) mass is 252 g/mol. The lowest BCUT2D eigenvalue weighted by Gasteiger charge is -2.18. The molecule has 0 saturated carbocycles. The van der Waals surface area contributed by atoms with Crippen molar-refractivity contribution < 1.29 is 24.6 Å². The van der Waals surface area contributed by atoms with Gasteiger partial charge in [0.1, 0.15) is 18.8 Å². The van der Waals surface area contributed by atoms with Gasteiger partial charge in [-0.15, -0.1) is 0 Å². The first-order chi connectivity index (χ1) is 8.40. The van der Waals surface area contributed by atoms with E-state index < -0.39 is 30.9 Å². The van der Waals surface area contributed by atoms with E-state index >= 15 is 0 Å². The molecule has 96 valence electrons. The van der Waals surface area contributed by atoms with Crippen LogP contribution < -0.4 is 5.73 Å². The molecule has 4 N–H and O–H groups in total. The summed E-state index contributed by atoms with van der Waals surface area (Å²) in [5.74, 6) is -2.89. The van der Waals surface area contributed by atoms with Crippen LogP contribution in [0.4, 0.5) is 0 Å². The van der Waals surface area contributed by atoms with Crippen molar-refractivity contribution in [1.29, 1.82) is 0 Å². The zero-order chi connectivity index (χ0) is 13.7. The number of amides is 2. The molecule has 2 amide bonds. The first-order valence-electron chi connectivity index (χ1n) is 4.98. The minimum absolute atomic E-state index is 0.0810. The number of benzene rings is 1. The Bertz CT molecular complexity index is 470. The summed E-state index contributed by atoms with van der Waals surface area (Å²) < 4.78 is 0. The predicted molar refractivity (Wildman–Crippen MR) is 60.8 cm³/mol. The first kappa shape index (κ1) is 13.5. The van der Waals surface area contributed by atoms with Crippen LogP contribution >= 0.6 is 0 Å². The second-order valence-corrected chi connectivity index (χ2v) is 3.57. The van der Waals surface area contributed by atoms with E-state index in [-0.39, 0.29) is 11.3 Å². The number of primary amides is 1. The van der Waals surface area contributed by atoms with Crippen molar-refractivity contribution in [2.45, 2.75) is 0 Å². The van der Waals surface area contributed by atoms with Gasteiger partial charge in [0.15, 0.2) is 0 Å². The third-order valence-electron chi connectivity index (χ3n) is 2.05. The van der Waals surface area contributed by atoms with Crippen molar-refractivity contribution in [1.82, 2.24) is 4.90 Å². The van der Waals surface area contributed by atoms with E-state index in [1.807, 2.05) is 0 Å². The largest absolute Gasteiger partial charge is 0.508 e. The Hall–Kier alpha value is -2.57. The Labute approximate surface area is 102 Å². The summed E-state index contributed by atoms with van der Waals surface area (Å²) in [4.78, 5) is 34.1. The van der Waals surface area contributed by atoms with Crippen molar-refractivity contribution in [2.75, 3.05) is 13.1 Å². The molecule has 0 fully saturated rings. The fourth-order valence-electron chi connectivity index (χ4n) is 1.37. The summed E-state index contributed by atoms with van der Waals surface area (Å²) in [6.07, 6.45) is 0. The maximum Gasteiger partial charge on any atom is 0.323 e. The van der Waals surface area contributed by atoms with E-state index in [9.17, 15) is 19.5 Å². The summed E-state index contributed by atoms with van der Waals surface area (Å²) in [6, 6.07) is 5.38. The second kappa shape index (κ2) is 5.67. The Morgan fingerprint density at radius 1 is 1.22 bits per heavy atom. The topological polar surface area (TPSA) is 121 Å². The zero-order valence-corrected chi connectivity index (χ0v) is 9.37. The number of carboxylic acids is 1. The number of phenolic OH excluding ortho intramolecular Hbond substituents is 1. The quantitative estimate of drug-likeness (QED) is 0.646. The van der Waals surface area contributed by atoms with Crippen LogP contribution in [0, 0.1) is 0 Å². The minimum atomic E-state index is -1.26. The van der Waals surface area contributed by atoms with Crippen LogP contribution in [0.5, 0.6) is 5.75 Å². The molecule has 0 radical (unpaired) electrons. The van der Waals surface area contributed by atoms with Crippen LogP contribution in [0.3, 0.4) is 0 Å². The molecule has 1 rings (SSSR count). The summed E-state index contributed by atoms with van der Waals surface area (Å²) in [5, 5.41) is 17.9. The minimum Gasteiger partial charge on any atom is -0.508 e. The van der Waals surface area contributed by atoms with Crippen molar-refractivity contribution in [3.8, 4) is 5.75 Å². The normalized spacial score (nSPS) is 9.78. The molecule has 7 nitrogen and oxygen atoms in total. The van der Waals surface area contributed by atoms with Gasteiger partial charge in [-0.3, -0.25) is 14.4 Å². The van der Waals surface area contributed by atoms with Gasteiger partial charge < -0.3 is 20.8 Å². The SMILES string of the molecule is NC(=O)CN(CC(=O)O)C(=O)c1cccc(O)c1. The maximum atomic E-state index is 11.9. The van der Waals surface area contributed by atoms with Crippen LogP contribution in [0.25, 0.3) is 0 Å². The van der Waals surface area contributed by atoms with Crippen molar-refractivity contribution in [3.05, 3.63) is 29.8 Å². The van der Waals surface area contributed by atoms with Crippen LogP contribution in [0.1, 0.15) is 10.4 Å². The molecule has 0 aliphatic rings. The molecule has 0 unspecified atom stereocenters. The van der Waals surface area contributed by atoms with E-state index in [1.165, 1.54) is 24.3 Å². The summed E-state index contributed by atoms with van der Waals surface area (Å²) in [5.41, 5.74) is 5.02. The molecule has 0 aliphatic carbocycles. The van der Waals surface area contributed by atoms with Crippen LogP contribution in [0.15, 0.2) is 24.3 Å². The highest BCUT2D eigenvalue weighted by Gasteiger charge is 2.20. The average molecular weight is 252 g/mol. The first-order valence-corrected chi connectivity index (χ1v) is 4.98. The highest BCUT2D eigenvalue weighted by atomic mass is 16.4. The number of carbonyl (C=O) groups excluding carboxylic acids is 2. The Kier molecular flexibility index (Phi) is 4.25. The zero-order valence-electron chi connectivity index (χ0n) is 9.37. The van der Waals surface area contributed by atoms with Crippen molar-refractivity contribution >= 4 is 17.8 Å². The lowest BCUT2D eigenvalue weighted by Crippen LogP contribution is -2.41. The van der Waals surface area contributed by atoms with Gasteiger partial charge in [0.05, 0.1) is 0 Å². The molecule has 1 aromatic carbocycles. The maximum absolute atomic E-state index is 11.9. The number of nitrogens with zero attached hydrogens (tertiary/aromatic N) is 1. The number of rotatable bonds is 5. The van der Waals surface area contributed by atoms with E-state index in [0.717, 1.165) is 4.90 Å². The van der Waals surface area contributed by atoms with Gasteiger partial charge in [-0.25, -0.2) is 0 Å². The number of nitrogens with two attached hydrogens (primary N) is 1. The van der Waals surface area contributed by atoms with Crippen molar-refractivity contribution in [3.63, 3.8) is 0 Å². The molecule has 0 bridgehead atoms. The van der Waals surface area contributed by atoms with Gasteiger partial charge in [-0.05, 0) is 18.2 Å². The lowest BCUT2D eigenvalue weighted by molar-refractivity contribution is -0.138. The molecule has 0 spiro atoms. The molecule has 1 aromatic rings. The van der Waals surface area contributed by atoms with E-state index in [0.29, 0.717) is 0 Å². The smallest absolute Gasteiger partial charge is 0.323 e. The van der Waals surface area contributed by atoms with Gasteiger partial charge in [-0.1, -0.05) is 6.07 Å². The van der Waals surface area contributed by atoms with Crippen LogP contribution in [0.2, 0.25) is 0 Å². The average Bonchev–Trinajstić information content (AvgIpc) is 2.26. The van der Waals surface area contributed by atoms with E-state index in [1.54, 1.807) is 0 Å². The summed E-state index contributed by atoms with van der Waals surface area (Å²) in [7, 11) is 0. The highest BCUT2D eigenvalue weighted by molar-refractivity contribution is 5.98. The number of aromatic hydroxyl groups is 1. The van der Waals surface area contributed by atoms with Gasteiger partial charge in [0.25, 0.3) is 5.91 Å². The molecule has 0 aliphatic heterocycles. The number of hydrogen-bond donors (Lipinski definition) is 3. The van der Waals surface area contributed by atoms with Crippen LogP contribution in [-0.2, 0) is 9.59 Å². The molecule has 7 heteroatoms. The second-order valence-electron chi connectivity index (χ2n) is 3.57. The van der Waals surface area contributed by atoms with Crippen molar-refractivity contribution in [2.24, 2.45) is 5.73 Å². The molecule has 0 heterocycles. The molecular weight excluding hydrogens is 240 g/mol. The third-order valence-corrected chi connectivity index (χ3v) is 2.05. The van der Waals surface area contributed by atoms with Crippen LogP contribution in [-0.4, -0.2) is 46.0 Å². The highest BCUT2D eigenvalue weighted by Crippen LogP contribution is 2.12. The third kappa shape index (κ3) is 3.78. The van der Waals surface area contributed by atoms with Gasteiger partial charge in [0.2, 0.25) is 5.91 Å². The summed E-state index contributed by atoms with van der Waals surface area (Å²) >= 11 is 0. The lowest BCUT2D eigenvalue weighted by atomic mass is 10.2. The molecular formula is C11H12N2O5. The Morgan fingerprint density at radius 3 is 2.39 bits per heavy atom. The molecule has 0 saturated heterocycles. The van der Waals surface area contributed by atoms with Gasteiger partial charge in [-0.2, -0.15) is 0 Å². The number of aliphatic carboxylic acids is 1. The fraction of sp³-hybridized carbons (Fsp3) is 0.182. The van der Waals surface area contributed by atoms with Gasteiger partial charge in [0, 0.05) is 5.56 Å². The Balaban J connectivity index is 2.94. The number of carbonyl (C=O) groups is 3. The van der Waals surface area contributed by atoms with Gasteiger partial charge >= 0.3 is 5.97 Å². The predicted octanol–water partition coefficient (Wildman–Crippen LogP) is -0.596. The molecule has 18 heavy (non-hydrogen) atoms. The van der Waals surface area contributed by atoms with E-state index in [4.69, 9.17) is 10.8 Å². The number of hydrogen-bond acceptors (Lipinski definition) is 4. The number of carboxylic acid groups (broad SMARTS) is 1. The standard InChI is InChI=1S/C11H12N2O5/c12-9(15)5-13(6-10(16)17)11(18)7-2-1-3-8(14)4-7/h1-4,14H,5-6H2,(H2,12,15)(H,16,17). The summed E-state index contributed by atoms with van der Waals surface area (Å²) in [6.45, 7) is -1.14. The number of phenols is 1. The Morgan fingerprint density at radius 2 is 1.89 bits per heavy atom. The fourth-order valence-corrected chi connectivity index (χ4v) is 1.37. The molecule has 0 aromatic heterocycles. The molecule has 0 atom stereocenters. The van der Waals surface area contributed by atoms with E-state index in [2.05, 4.69) is 0 Å².